The van der Waals surface area contributed by atoms with Crippen molar-refractivity contribution in [3.05, 3.63) is 77.9 Å². The molecule has 0 fully saturated rings. The number of methoxy groups -OCH3 is 1. The van der Waals surface area contributed by atoms with Crippen molar-refractivity contribution in [3.63, 3.8) is 0 Å². The minimum atomic E-state index is -4.07. The number of nitrogens with one attached hydrogen (secondary N) is 1. The van der Waals surface area contributed by atoms with E-state index in [2.05, 4.69) is 5.32 Å². The number of amides is 1. The maximum absolute atomic E-state index is 13.8. The van der Waals surface area contributed by atoms with Crippen LogP contribution in [0, 0.1) is 6.92 Å². The van der Waals surface area contributed by atoms with E-state index in [1.54, 1.807) is 55.6 Å². The lowest BCUT2D eigenvalue weighted by Gasteiger charge is -2.27. The van der Waals surface area contributed by atoms with E-state index in [9.17, 15) is 13.2 Å². The second-order valence-corrected chi connectivity index (χ2v) is 11.1. The van der Waals surface area contributed by atoms with E-state index < -0.39 is 22.5 Å². The zero-order valence-corrected chi connectivity index (χ0v) is 23.5. The second-order valence-electron chi connectivity index (χ2n) is 8.35. The monoisotopic (exact) mass is 542 g/mol. The van der Waals surface area contributed by atoms with Gasteiger partial charge in [0.05, 0.1) is 30.3 Å². The molecule has 0 radical (unpaired) electrons. The number of nitrogens with zero attached hydrogens (tertiary/aromatic N) is 1. The Bertz CT molecular complexity index is 1310. The van der Waals surface area contributed by atoms with Crippen LogP contribution in [0.1, 0.15) is 37.4 Å². The van der Waals surface area contributed by atoms with Crippen molar-refractivity contribution in [1.82, 2.24) is 5.32 Å². The van der Waals surface area contributed by atoms with E-state index in [0.29, 0.717) is 24.5 Å². The summed E-state index contributed by atoms with van der Waals surface area (Å²) in [6.45, 7) is 5.69. The molecule has 198 valence electrons. The van der Waals surface area contributed by atoms with Crippen molar-refractivity contribution >= 4 is 33.4 Å². The van der Waals surface area contributed by atoms with Crippen LogP contribution in [0.25, 0.3) is 0 Å². The van der Waals surface area contributed by atoms with Crippen LogP contribution in [0.2, 0.25) is 0 Å². The van der Waals surface area contributed by atoms with Crippen LogP contribution >= 0.6 is 11.8 Å². The molecule has 0 spiro atoms. The SMILES string of the molecule is CCOc1ccccc1N(CC(=O)NC(CC)c1ccc(OC)c(C)c1)S(=O)(=O)c1ccc(SC)cc1. The lowest BCUT2D eigenvalue weighted by molar-refractivity contribution is -0.120. The molecule has 0 aliphatic heterocycles. The first-order valence-corrected chi connectivity index (χ1v) is 14.7. The number of ether oxygens (including phenoxy) is 2. The third-order valence-corrected chi connectivity index (χ3v) is 8.45. The molecule has 3 rings (SSSR count). The molecule has 7 nitrogen and oxygen atoms in total. The normalized spacial score (nSPS) is 12.0. The number of anilines is 1. The van der Waals surface area contributed by atoms with Crippen LogP contribution in [0.4, 0.5) is 5.69 Å². The van der Waals surface area contributed by atoms with Gasteiger partial charge in [-0.25, -0.2) is 8.42 Å². The number of hydrogen-bond donors (Lipinski definition) is 1. The molecule has 1 atom stereocenters. The maximum atomic E-state index is 13.8. The minimum absolute atomic E-state index is 0.0993. The van der Waals surface area contributed by atoms with Gasteiger partial charge in [-0.2, -0.15) is 0 Å². The van der Waals surface area contributed by atoms with Crippen LogP contribution in [-0.4, -0.2) is 40.8 Å². The molecule has 9 heteroatoms. The van der Waals surface area contributed by atoms with E-state index in [1.807, 2.05) is 45.2 Å². The van der Waals surface area contributed by atoms with E-state index in [4.69, 9.17) is 9.47 Å². The van der Waals surface area contributed by atoms with Crippen molar-refractivity contribution in [2.24, 2.45) is 0 Å². The first-order valence-electron chi connectivity index (χ1n) is 12.1. The zero-order chi connectivity index (χ0) is 27.0. The van der Waals surface area contributed by atoms with Crippen LogP contribution < -0.4 is 19.1 Å². The summed E-state index contributed by atoms with van der Waals surface area (Å²) in [5.74, 6) is 0.734. The number of aryl methyl sites for hydroxylation is 1. The molecule has 3 aromatic rings. The summed E-state index contributed by atoms with van der Waals surface area (Å²) < 4.78 is 39.9. The quantitative estimate of drug-likeness (QED) is 0.301. The predicted molar refractivity (Wildman–Crippen MR) is 149 cm³/mol. The van der Waals surface area contributed by atoms with Gasteiger partial charge >= 0.3 is 0 Å². The van der Waals surface area contributed by atoms with Gasteiger partial charge in [-0.15, -0.1) is 11.8 Å². The lowest BCUT2D eigenvalue weighted by Crippen LogP contribution is -2.42. The van der Waals surface area contributed by atoms with Gasteiger partial charge in [0.1, 0.15) is 18.0 Å². The lowest BCUT2D eigenvalue weighted by atomic mass is 10.0. The van der Waals surface area contributed by atoms with Gasteiger partial charge < -0.3 is 14.8 Å². The minimum Gasteiger partial charge on any atom is -0.496 e. The van der Waals surface area contributed by atoms with Gasteiger partial charge in [0, 0.05) is 4.90 Å². The highest BCUT2D eigenvalue weighted by molar-refractivity contribution is 7.98. The Morgan fingerprint density at radius 3 is 2.32 bits per heavy atom. The molecule has 0 aliphatic carbocycles. The highest BCUT2D eigenvalue weighted by Crippen LogP contribution is 2.33. The number of thioether (sulfide) groups is 1. The summed E-state index contributed by atoms with van der Waals surface area (Å²) in [6, 6.07) is 18.9. The Kier molecular flexibility index (Phi) is 9.88. The second kappa shape index (κ2) is 12.9. The van der Waals surface area contributed by atoms with Crippen LogP contribution in [0.5, 0.6) is 11.5 Å². The smallest absolute Gasteiger partial charge is 0.264 e. The Balaban J connectivity index is 1.96. The van der Waals surface area contributed by atoms with Crippen molar-refractivity contribution in [1.29, 1.82) is 0 Å². The number of sulfonamides is 1. The van der Waals surface area contributed by atoms with Gasteiger partial charge in [0.2, 0.25) is 5.91 Å². The Morgan fingerprint density at radius 2 is 1.73 bits per heavy atom. The van der Waals surface area contributed by atoms with Crippen molar-refractivity contribution in [2.75, 3.05) is 30.8 Å². The summed E-state index contributed by atoms with van der Waals surface area (Å²) in [5, 5.41) is 3.01. The van der Waals surface area contributed by atoms with Crippen molar-refractivity contribution in [2.45, 2.75) is 43.0 Å². The predicted octanol–water partition coefficient (Wildman–Crippen LogP) is 5.59. The van der Waals surface area contributed by atoms with Gasteiger partial charge in [-0.3, -0.25) is 9.10 Å². The summed E-state index contributed by atoms with van der Waals surface area (Å²) in [7, 11) is -2.46. The summed E-state index contributed by atoms with van der Waals surface area (Å²) in [4.78, 5) is 14.4. The fraction of sp³-hybridized carbons (Fsp3) is 0.321. The first-order chi connectivity index (χ1) is 17.7. The van der Waals surface area contributed by atoms with E-state index in [0.717, 1.165) is 26.1 Å². The van der Waals surface area contributed by atoms with E-state index in [-0.39, 0.29) is 10.9 Å². The van der Waals surface area contributed by atoms with E-state index in [1.165, 1.54) is 11.8 Å². The highest BCUT2D eigenvalue weighted by Gasteiger charge is 2.30. The maximum Gasteiger partial charge on any atom is 0.264 e. The first kappa shape index (κ1) is 28.4. The van der Waals surface area contributed by atoms with Gasteiger partial charge in [-0.1, -0.05) is 31.2 Å². The fourth-order valence-corrected chi connectivity index (χ4v) is 5.86. The Morgan fingerprint density at radius 1 is 1.03 bits per heavy atom. The topological polar surface area (TPSA) is 84.9 Å². The van der Waals surface area contributed by atoms with Crippen LogP contribution in [0.3, 0.4) is 0 Å². The molecule has 0 bridgehead atoms. The molecule has 1 amide bonds. The molecule has 1 unspecified atom stereocenters. The number of rotatable bonds is 12. The Labute approximate surface area is 224 Å². The molecular weight excluding hydrogens is 508 g/mol. The number of para-hydroxylation sites is 2. The molecule has 0 aliphatic rings. The summed E-state index contributed by atoms with van der Waals surface area (Å²) >= 11 is 1.52. The highest BCUT2D eigenvalue weighted by atomic mass is 32.2. The molecular formula is C28H34N2O5S2. The average Bonchev–Trinajstić information content (AvgIpc) is 2.91. The molecule has 1 N–H and O–H groups in total. The fourth-order valence-electron chi connectivity index (χ4n) is 4.03. The van der Waals surface area contributed by atoms with Crippen LogP contribution in [0.15, 0.2) is 76.5 Å². The number of carbonyl (C=O) groups is 1. The van der Waals surface area contributed by atoms with Crippen molar-refractivity contribution < 1.29 is 22.7 Å². The van der Waals surface area contributed by atoms with Gasteiger partial charge in [-0.05, 0) is 80.1 Å². The summed E-state index contributed by atoms with van der Waals surface area (Å²) in [6.07, 6.45) is 2.56. The summed E-state index contributed by atoms with van der Waals surface area (Å²) in [5.41, 5.74) is 2.18. The van der Waals surface area contributed by atoms with Crippen molar-refractivity contribution in [3.8, 4) is 11.5 Å². The Hall–Kier alpha value is -3.17. The largest absolute Gasteiger partial charge is 0.496 e. The molecule has 0 saturated carbocycles. The molecule has 37 heavy (non-hydrogen) atoms. The zero-order valence-electron chi connectivity index (χ0n) is 21.9. The van der Waals surface area contributed by atoms with E-state index >= 15 is 0 Å². The molecule has 0 saturated heterocycles. The van der Waals surface area contributed by atoms with Gasteiger partial charge in [0.25, 0.3) is 10.0 Å². The van der Waals surface area contributed by atoms with Gasteiger partial charge in [0.15, 0.2) is 0 Å². The molecule has 0 aromatic heterocycles. The third-order valence-electron chi connectivity index (χ3n) is 5.93. The molecule has 0 heterocycles. The standard InChI is InChI=1S/C28H34N2O5S2/c1-6-24(21-12-17-26(34-4)20(3)18-21)29-28(31)19-30(25-10-8-9-11-27(25)35-7-2)37(32,33)23-15-13-22(36-5)14-16-23/h8-18,24H,6-7,19H2,1-5H3,(H,29,31). The number of benzene rings is 3. The van der Waals surface area contributed by atoms with Crippen LogP contribution in [-0.2, 0) is 14.8 Å². The third kappa shape index (κ3) is 6.78. The number of carbonyl (C=O) groups excluding carboxylic acids is 1. The average molecular weight is 543 g/mol. The number of hydrogen-bond acceptors (Lipinski definition) is 6. The molecule has 3 aromatic carbocycles.